The van der Waals surface area contributed by atoms with Crippen molar-refractivity contribution in [1.29, 1.82) is 5.26 Å². The third-order valence-corrected chi connectivity index (χ3v) is 4.16. The topological polar surface area (TPSA) is 39.1 Å². The third kappa shape index (κ3) is 4.59. The Labute approximate surface area is 113 Å². The Morgan fingerprint density at radius 3 is 2.78 bits per heavy atom. The van der Waals surface area contributed by atoms with E-state index in [9.17, 15) is 5.26 Å². The fourth-order valence-electron chi connectivity index (χ4n) is 3.03. The Morgan fingerprint density at radius 1 is 1.39 bits per heavy atom. The van der Waals surface area contributed by atoms with Crippen LogP contribution in [0.3, 0.4) is 0 Å². The predicted molar refractivity (Wildman–Crippen MR) is 76.4 cm³/mol. The van der Waals surface area contributed by atoms with E-state index in [0.29, 0.717) is 0 Å². The zero-order valence-corrected chi connectivity index (χ0v) is 12.3. The molecule has 0 saturated carbocycles. The van der Waals surface area contributed by atoms with Crippen molar-refractivity contribution in [2.45, 2.75) is 70.9 Å². The van der Waals surface area contributed by atoms with E-state index >= 15 is 0 Å². The first-order chi connectivity index (χ1) is 8.65. The van der Waals surface area contributed by atoms with Gasteiger partial charge in [-0.05, 0) is 58.7 Å². The molecule has 0 bridgehead atoms. The minimum Gasteiger partial charge on any atom is -0.300 e. The normalized spacial score (nSPS) is 24.4. The fourth-order valence-corrected chi connectivity index (χ4v) is 3.03. The Morgan fingerprint density at radius 2 is 2.17 bits per heavy atom. The van der Waals surface area contributed by atoms with Crippen molar-refractivity contribution >= 4 is 0 Å². The van der Waals surface area contributed by atoms with Crippen molar-refractivity contribution in [3.63, 3.8) is 0 Å². The summed E-state index contributed by atoms with van der Waals surface area (Å²) in [6.45, 7) is 9.65. The van der Waals surface area contributed by atoms with E-state index in [1.54, 1.807) is 0 Å². The first-order valence-corrected chi connectivity index (χ1v) is 7.55. The molecule has 104 valence electrons. The summed E-state index contributed by atoms with van der Waals surface area (Å²) in [4.78, 5) is 2.63. The van der Waals surface area contributed by atoms with Gasteiger partial charge in [0.05, 0.1) is 6.07 Å². The maximum Gasteiger partial charge on any atom is 0.103 e. The molecule has 1 fully saturated rings. The molecule has 1 aliphatic heterocycles. The van der Waals surface area contributed by atoms with Crippen LogP contribution in [0, 0.1) is 11.3 Å². The molecule has 3 heteroatoms. The highest BCUT2D eigenvalue weighted by molar-refractivity contribution is 5.03. The first-order valence-electron chi connectivity index (χ1n) is 7.55. The van der Waals surface area contributed by atoms with Crippen LogP contribution in [0.1, 0.15) is 59.3 Å². The largest absolute Gasteiger partial charge is 0.300 e. The van der Waals surface area contributed by atoms with Gasteiger partial charge < -0.3 is 4.90 Å². The lowest BCUT2D eigenvalue weighted by Crippen LogP contribution is -2.43. The molecule has 1 aliphatic rings. The zero-order chi connectivity index (χ0) is 13.4. The molecule has 1 rings (SSSR count). The highest BCUT2D eigenvalue weighted by Gasteiger charge is 2.24. The van der Waals surface area contributed by atoms with E-state index in [1.807, 2.05) is 6.92 Å². The Bertz CT molecular complexity index is 271. The fraction of sp³-hybridized carbons (Fsp3) is 0.933. The predicted octanol–water partition coefficient (Wildman–Crippen LogP) is 2.92. The number of nitrogens with one attached hydrogen (secondary N) is 1. The van der Waals surface area contributed by atoms with E-state index in [-0.39, 0.29) is 5.54 Å². The lowest BCUT2D eigenvalue weighted by atomic mass is 9.95. The summed E-state index contributed by atoms with van der Waals surface area (Å²) < 4.78 is 0. The van der Waals surface area contributed by atoms with Gasteiger partial charge in [-0.3, -0.25) is 5.32 Å². The smallest absolute Gasteiger partial charge is 0.103 e. The van der Waals surface area contributed by atoms with Crippen LogP contribution >= 0.6 is 0 Å². The molecule has 1 saturated heterocycles. The van der Waals surface area contributed by atoms with Gasteiger partial charge in [-0.1, -0.05) is 20.3 Å². The molecule has 0 radical (unpaired) electrons. The van der Waals surface area contributed by atoms with Crippen LogP contribution in [0.4, 0.5) is 0 Å². The van der Waals surface area contributed by atoms with Gasteiger partial charge in [-0.15, -0.1) is 0 Å². The molecule has 0 aromatic rings. The summed E-state index contributed by atoms with van der Waals surface area (Å²) in [6, 6.07) is 3.20. The van der Waals surface area contributed by atoms with Gasteiger partial charge in [0.2, 0.25) is 0 Å². The third-order valence-electron chi connectivity index (χ3n) is 4.16. The van der Waals surface area contributed by atoms with Crippen LogP contribution in [-0.4, -0.2) is 36.1 Å². The Hall–Kier alpha value is -0.590. The number of likely N-dealkylation sites (tertiary alicyclic amines) is 1. The van der Waals surface area contributed by atoms with Crippen molar-refractivity contribution in [2.75, 3.05) is 19.6 Å². The van der Waals surface area contributed by atoms with Crippen LogP contribution in [0.25, 0.3) is 0 Å². The van der Waals surface area contributed by atoms with Crippen LogP contribution in [-0.2, 0) is 0 Å². The standard InChI is InChI=1S/C15H29N3/c1-4-14-9-6-7-11-18(14)12-8-10-15(3,13-16)17-5-2/h14,17H,4-12H2,1-3H3. The van der Waals surface area contributed by atoms with E-state index < -0.39 is 0 Å². The SMILES string of the molecule is CCNC(C)(C#N)CCCN1CCCCC1CC. The minimum atomic E-state index is -0.341. The molecule has 18 heavy (non-hydrogen) atoms. The molecule has 0 amide bonds. The lowest BCUT2D eigenvalue weighted by Gasteiger charge is -2.35. The maximum atomic E-state index is 9.23. The van der Waals surface area contributed by atoms with Crippen molar-refractivity contribution in [3.8, 4) is 6.07 Å². The van der Waals surface area contributed by atoms with Gasteiger partial charge in [-0.25, -0.2) is 0 Å². The number of hydrogen-bond acceptors (Lipinski definition) is 3. The van der Waals surface area contributed by atoms with Gasteiger partial charge >= 0.3 is 0 Å². The molecular weight excluding hydrogens is 222 g/mol. The Kier molecular flexibility index (Phi) is 6.67. The van der Waals surface area contributed by atoms with E-state index in [0.717, 1.165) is 32.0 Å². The van der Waals surface area contributed by atoms with Gasteiger partial charge in [0.15, 0.2) is 0 Å². The molecule has 0 aliphatic carbocycles. The second-order valence-corrected chi connectivity index (χ2v) is 5.67. The van der Waals surface area contributed by atoms with E-state index in [4.69, 9.17) is 0 Å². The molecular formula is C15H29N3. The van der Waals surface area contributed by atoms with Gasteiger partial charge in [0, 0.05) is 6.04 Å². The van der Waals surface area contributed by atoms with E-state index in [2.05, 4.69) is 30.1 Å². The molecule has 3 nitrogen and oxygen atoms in total. The van der Waals surface area contributed by atoms with E-state index in [1.165, 1.54) is 32.2 Å². The number of nitriles is 1. The molecule has 1 N–H and O–H groups in total. The van der Waals surface area contributed by atoms with Crippen molar-refractivity contribution in [3.05, 3.63) is 0 Å². The average Bonchev–Trinajstić information content (AvgIpc) is 2.39. The summed E-state index contributed by atoms with van der Waals surface area (Å²) in [5, 5.41) is 12.5. The van der Waals surface area contributed by atoms with Crippen molar-refractivity contribution in [1.82, 2.24) is 10.2 Å². The number of hydrogen-bond donors (Lipinski definition) is 1. The first kappa shape index (κ1) is 15.5. The lowest BCUT2D eigenvalue weighted by molar-refractivity contribution is 0.139. The minimum absolute atomic E-state index is 0.341. The molecule has 2 unspecified atom stereocenters. The summed E-state index contributed by atoms with van der Waals surface area (Å²) in [5.74, 6) is 0. The maximum absolute atomic E-state index is 9.23. The van der Waals surface area contributed by atoms with Gasteiger partial charge in [0.1, 0.15) is 5.54 Å². The molecule has 0 aromatic heterocycles. The molecule has 2 atom stereocenters. The summed E-state index contributed by atoms with van der Waals surface area (Å²) in [5.41, 5.74) is -0.341. The quantitative estimate of drug-likeness (QED) is 0.756. The number of nitrogens with zero attached hydrogens (tertiary/aromatic N) is 2. The van der Waals surface area contributed by atoms with Crippen molar-refractivity contribution in [2.24, 2.45) is 0 Å². The summed E-state index contributed by atoms with van der Waals surface area (Å²) in [7, 11) is 0. The second-order valence-electron chi connectivity index (χ2n) is 5.67. The van der Waals surface area contributed by atoms with Crippen LogP contribution in [0.5, 0.6) is 0 Å². The molecule has 0 aromatic carbocycles. The summed E-state index contributed by atoms with van der Waals surface area (Å²) in [6.07, 6.45) is 7.43. The number of piperidine rings is 1. The van der Waals surface area contributed by atoms with Crippen LogP contribution < -0.4 is 5.32 Å². The van der Waals surface area contributed by atoms with Crippen molar-refractivity contribution < 1.29 is 0 Å². The monoisotopic (exact) mass is 251 g/mol. The summed E-state index contributed by atoms with van der Waals surface area (Å²) >= 11 is 0. The number of rotatable bonds is 7. The zero-order valence-electron chi connectivity index (χ0n) is 12.3. The van der Waals surface area contributed by atoms with Gasteiger partial charge in [0.25, 0.3) is 0 Å². The van der Waals surface area contributed by atoms with Gasteiger partial charge in [-0.2, -0.15) is 5.26 Å². The van der Waals surface area contributed by atoms with Crippen LogP contribution in [0.2, 0.25) is 0 Å². The van der Waals surface area contributed by atoms with Crippen LogP contribution in [0.15, 0.2) is 0 Å². The Balaban J connectivity index is 2.33. The second kappa shape index (κ2) is 7.76. The average molecular weight is 251 g/mol. The highest BCUT2D eigenvalue weighted by Crippen LogP contribution is 2.21. The highest BCUT2D eigenvalue weighted by atomic mass is 15.2. The molecule has 0 spiro atoms. The molecule has 1 heterocycles.